The molecule has 0 spiro atoms. The van der Waals surface area contributed by atoms with Gasteiger partial charge in [-0.25, -0.2) is 9.97 Å². The summed E-state index contributed by atoms with van der Waals surface area (Å²) in [7, 11) is 0. The van der Waals surface area contributed by atoms with Crippen LogP contribution in [0.4, 0.5) is 5.69 Å². The number of anilines is 1. The molecule has 0 atom stereocenters. The molecule has 0 fully saturated rings. The molecule has 1 N–H and O–H groups in total. The van der Waals surface area contributed by atoms with Gasteiger partial charge in [0.25, 0.3) is 5.91 Å². The number of nitrogens with zero attached hydrogens (tertiary/aromatic N) is 2. The molecule has 6 heteroatoms. The number of pyridine rings is 1. The summed E-state index contributed by atoms with van der Waals surface area (Å²) in [5.74, 6) is 0.621. The SMILES string of the molecule is CCOc1ncccc1C(=O)Nc1ccc2nc(C)oc2c1. The number of amides is 1. The third kappa shape index (κ3) is 2.76. The molecule has 0 bridgehead atoms. The molecule has 0 radical (unpaired) electrons. The first-order chi connectivity index (χ1) is 10.7. The lowest BCUT2D eigenvalue weighted by molar-refractivity contribution is 0.102. The van der Waals surface area contributed by atoms with E-state index < -0.39 is 0 Å². The summed E-state index contributed by atoms with van der Waals surface area (Å²) < 4.78 is 10.8. The molecule has 3 aromatic rings. The van der Waals surface area contributed by atoms with Crippen molar-refractivity contribution in [2.75, 3.05) is 11.9 Å². The number of aryl methyl sites for hydroxylation is 1. The molecule has 2 heterocycles. The lowest BCUT2D eigenvalue weighted by Gasteiger charge is -2.09. The maximum Gasteiger partial charge on any atom is 0.261 e. The van der Waals surface area contributed by atoms with Gasteiger partial charge in [-0.1, -0.05) is 0 Å². The second-order valence-corrected chi connectivity index (χ2v) is 4.66. The van der Waals surface area contributed by atoms with Crippen molar-refractivity contribution in [1.82, 2.24) is 9.97 Å². The Kier molecular flexibility index (Phi) is 3.74. The number of hydrogen-bond acceptors (Lipinski definition) is 5. The van der Waals surface area contributed by atoms with Crippen molar-refractivity contribution in [3.05, 3.63) is 48.0 Å². The summed E-state index contributed by atoms with van der Waals surface area (Å²) in [5, 5.41) is 2.81. The Balaban J connectivity index is 1.86. The average Bonchev–Trinajstić information content (AvgIpc) is 2.87. The van der Waals surface area contributed by atoms with Crippen LogP contribution >= 0.6 is 0 Å². The quantitative estimate of drug-likeness (QED) is 0.800. The van der Waals surface area contributed by atoms with E-state index in [-0.39, 0.29) is 5.91 Å². The maximum atomic E-state index is 12.4. The van der Waals surface area contributed by atoms with E-state index in [1.54, 1.807) is 43.5 Å². The van der Waals surface area contributed by atoms with E-state index in [2.05, 4.69) is 15.3 Å². The Hall–Kier alpha value is -2.89. The van der Waals surface area contributed by atoms with Crippen molar-refractivity contribution in [2.45, 2.75) is 13.8 Å². The number of rotatable bonds is 4. The van der Waals surface area contributed by atoms with Crippen molar-refractivity contribution in [3.8, 4) is 5.88 Å². The summed E-state index contributed by atoms with van der Waals surface area (Å²) in [4.78, 5) is 20.7. The summed E-state index contributed by atoms with van der Waals surface area (Å²) in [6.45, 7) is 4.07. The number of aromatic nitrogens is 2. The molecule has 0 saturated heterocycles. The minimum absolute atomic E-state index is 0.285. The molecule has 0 aliphatic carbocycles. The third-order valence-electron chi connectivity index (χ3n) is 3.05. The fourth-order valence-electron chi connectivity index (χ4n) is 2.13. The summed E-state index contributed by atoms with van der Waals surface area (Å²) >= 11 is 0. The zero-order valence-corrected chi connectivity index (χ0v) is 12.3. The van der Waals surface area contributed by atoms with Gasteiger partial charge in [0.1, 0.15) is 11.1 Å². The van der Waals surface area contributed by atoms with Crippen molar-refractivity contribution >= 4 is 22.7 Å². The summed E-state index contributed by atoms with van der Waals surface area (Å²) in [5.41, 5.74) is 2.40. The molecule has 2 aromatic heterocycles. The second kappa shape index (κ2) is 5.85. The average molecular weight is 297 g/mol. The van der Waals surface area contributed by atoms with Gasteiger partial charge < -0.3 is 14.5 Å². The summed E-state index contributed by atoms with van der Waals surface area (Å²) in [6.07, 6.45) is 1.59. The molecule has 0 unspecified atom stereocenters. The van der Waals surface area contributed by atoms with Gasteiger partial charge in [0.2, 0.25) is 5.88 Å². The third-order valence-corrected chi connectivity index (χ3v) is 3.05. The van der Waals surface area contributed by atoms with Crippen molar-refractivity contribution in [1.29, 1.82) is 0 Å². The van der Waals surface area contributed by atoms with Crippen LogP contribution in [0.15, 0.2) is 40.9 Å². The predicted octanol–water partition coefficient (Wildman–Crippen LogP) is 3.18. The molecule has 6 nitrogen and oxygen atoms in total. The Morgan fingerprint density at radius 1 is 1.36 bits per heavy atom. The molecule has 1 amide bonds. The van der Waals surface area contributed by atoms with Crippen LogP contribution in [0.25, 0.3) is 11.1 Å². The van der Waals surface area contributed by atoms with Gasteiger partial charge in [0.05, 0.1) is 6.61 Å². The van der Waals surface area contributed by atoms with Crippen molar-refractivity contribution in [2.24, 2.45) is 0 Å². The fourth-order valence-corrected chi connectivity index (χ4v) is 2.13. The summed E-state index contributed by atoms with van der Waals surface area (Å²) in [6, 6.07) is 8.68. The van der Waals surface area contributed by atoms with Gasteiger partial charge in [0.15, 0.2) is 11.5 Å². The second-order valence-electron chi connectivity index (χ2n) is 4.66. The van der Waals surface area contributed by atoms with Crippen molar-refractivity contribution < 1.29 is 13.9 Å². The van der Waals surface area contributed by atoms with Crippen LogP contribution in [0, 0.1) is 6.92 Å². The Labute approximate surface area is 127 Å². The van der Waals surface area contributed by atoms with Crippen LogP contribution in [-0.4, -0.2) is 22.5 Å². The van der Waals surface area contributed by atoms with Crippen LogP contribution < -0.4 is 10.1 Å². The number of oxazole rings is 1. The zero-order chi connectivity index (χ0) is 15.5. The fraction of sp³-hybridized carbons (Fsp3) is 0.188. The molecular weight excluding hydrogens is 282 g/mol. The highest BCUT2D eigenvalue weighted by Gasteiger charge is 2.14. The van der Waals surface area contributed by atoms with Crippen LogP contribution in [0.3, 0.4) is 0 Å². The van der Waals surface area contributed by atoms with Gasteiger partial charge in [0, 0.05) is 24.9 Å². The van der Waals surface area contributed by atoms with Gasteiger partial charge in [-0.15, -0.1) is 0 Å². The number of ether oxygens (including phenoxy) is 1. The largest absolute Gasteiger partial charge is 0.477 e. The molecular formula is C16H15N3O3. The molecule has 22 heavy (non-hydrogen) atoms. The lowest BCUT2D eigenvalue weighted by atomic mass is 10.2. The van der Waals surface area contributed by atoms with E-state index in [1.807, 2.05) is 6.92 Å². The van der Waals surface area contributed by atoms with Crippen LogP contribution in [0.2, 0.25) is 0 Å². The minimum atomic E-state index is -0.285. The van der Waals surface area contributed by atoms with Crippen LogP contribution in [0.1, 0.15) is 23.2 Å². The lowest BCUT2D eigenvalue weighted by Crippen LogP contribution is -2.14. The molecule has 3 rings (SSSR count). The van der Waals surface area contributed by atoms with Gasteiger partial charge in [-0.3, -0.25) is 4.79 Å². The first-order valence-corrected chi connectivity index (χ1v) is 6.93. The first kappa shape index (κ1) is 14.1. The number of nitrogens with one attached hydrogen (secondary N) is 1. The van der Waals surface area contributed by atoms with E-state index >= 15 is 0 Å². The molecule has 1 aromatic carbocycles. The van der Waals surface area contributed by atoms with Crippen LogP contribution in [0.5, 0.6) is 5.88 Å². The Morgan fingerprint density at radius 3 is 3.05 bits per heavy atom. The number of carbonyl (C=O) groups excluding carboxylic acids is 1. The van der Waals surface area contributed by atoms with Gasteiger partial charge in [-0.2, -0.15) is 0 Å². The smallest absolute Gasteiger partial charge is 0.261 e. The van der Waals surface area contributed by atoms with Gasteiger partial charge >= 0.3 is 0 Å². The van der Waals surface area contributed by atoms with E-state index in [9.17, 15) is 4.79 Å². The van der Waals surface area contributed by atoms with Crippen LogP contribution in [-0.2, 0) is 0 Å². The van der Waals surface area contributed by atoms with Crippen molar-refractivity contribution in [3.63, 3.8) is 0 Å². The number of hydrogen-bond donors (Lipinski definition) is 1. The molecule has 0 saturated carbocycles. The molecule has 0 aliphatic heterocycles. The number of carbonyl (C=O) groups is 1. The van der Waals surface area contributed by atoms with E-state index in [1.165, 1.54) is 0 Å². The predicted molar refractivity (Wildman–Crippen MR) is 82.1 cm³/mol. The molecule has 0 aliphatic rings. The van der Waals surface area contributed by atoms with E-state index in [4.69, 9.17) is 9.15 Å². The standard InChI is InChI=1S/C16H15N3O3/c1-3-21-16-12(5-4-8-17-16)15(20)19-11-6-7-13-14(9-11)22-10(2)18-13/h4-9H,3H2,1-2H3,(H,19,20). The number of benzene rings is 1. The topological polar surface area (TPSA) is 77.2 Å². The minimum Gasteiger partial charge on any atom is -0.477 e. The van der Waals surface area contributed by atoms with E-state index in [0.717, 1.165) is 5.52 Å². The Morgan fingerprint density at radius 2 is 2.23 bits per heavy atom. The normalized spacial score (nSPS) is 10.6. The number of fused-ring (bicyclic) bond motifs is 1. The van der Waals surface area contributed by atoms with Gasteiger partial charge in [-0.05, 0) is 31.2 Å². The Bertz CT molecular complexity index is 826. The first-order valence-electron chi connectivity index (χ1n) is 6.93. The zero-order valence-electron chi connectivity index (χ0n) is 12.3. The van der Waals surface area contributed by atoms with E-state index in [0.29, 0.717) is 35.2 Å². The highest BCUT2D eigenvalue weighted by molar-refractivity contribution is 6.06. The highest BCUT2D eigenvalue weighted by atomic mass is 16.5. The monoisotopic (exact) mass is 297 g/mol. The maximum absolute atomic E-state index is 12.4. The molecule has 112 valence electrons. The highest BCUT2D eigenvalue weighted by Crippen LogP contribution is 2.21.